The van der Waals surface area contributed by atoms with Crippen molar-refractivity contribution in [3.05, 3.63) is 58.6 Å². The summed E-state index contributed by atoms with van der Waals surface area (Å²) >= 11 is 5.87. The Morgan fingerprint density at radius 3 is 2.27 bits per heavy atom. The zero-order valence-corrected chi connectivity index (χ0v) is 18.3. The number of carbonyl (C=O) groups excluding carboxylic acids is 2. The third kappa shape index (κ3) is 5.66. The van der Waals surface area contributed by atoms with Crippen LogP contribution < -0.4 is 9.47 Å². The molecule has 0 bridgehead atoms. The predicted molar refractivity (Wildman–Crippen MR) is 116 cm³/mol. The van der Waals surface area contributed by atoms with E-state index in [1.165, 1.54) is 0 Å². The molecule has 1 fully saturated rings. The molecule has 1 heterocycles. The molecule has 1 aliphatic heterocycles. The topological polar surface area (TPSA) is 59.1 Å². The van der Waals surface area contributed by atoms with Gasteiger partial charge in [0.2, 0.25) is 0 Å². The summed E-state index contributed by atoms with van der Waals surface area (Å²) in [5.74, 6) is 1.14. The Morgan fingerprint density at radius 2 is 1.63 bits per heavy atom. The van der Waals surface area contributed by atoms with Gasteiger partial charge in [-0.05, 0) is 56.7 Å². The lowest BCUT2D eigenvalue weighted by atomic mass is 10.1. The molecule has 2 aromatic carbocycles. The molecule has 0 aliphatic carbocycles. The van der Waals surface area contributed by atoms with Gasteiger partial charge in [0, 0.05) is 31.2 Å². The van der Waals surface area contributed by atoms with Gasteiger partial charge in [0.25, 0.3) is 11.8 Å². The largest absolute Gasteiger partial charge is 0.484 e. The van der Waals surface area contributed by atoms with E-state index in [9.17, 15) is 9.59 Å². The molecule has 1 saturated heterocycles. The monoisotopic (exact) mass is 430 g/mol. The van der Waals surface area contributed by atoms with Crippen molar-refractivity contribution in [2.45, 2.75) is 26.9 Å². The zero-order valence-electron chi connectivity index (χ0n) is 17.6. The molecule has 30 heavy (non-hydrogen) atoms. The highest BCUT2D eigenvalue weighted by Gasteiger charge is 2.28. The maximum atomic E-state index is 12.7. The minimum Gasteiger partial charge on any atom is -0.484 e. The zero-order chi connectivity index (χ0) is 21.7. The first kappa shape index (κ1) is 22.0. The minimum atomic E-state index is -0.610. The van der Waals surface area contributed by atoms with Gasteiger partial charge in [-0.3, -0.25) is 9.59 Å². The summed E-state index contributed by atoms with van der Waals surface area (Å²) in [5.41, 5.74) is 2.16. The second-order valence-corrected chi connectivity index (χ2v) is 7.91. The van der Waals surface area contributed by atoms with E-state index in [-0.39, 0.29) is 18.4 Å². The molecule has 0 radical (unpaired) electrons. The molecule has 0 N–H and O–H groups in total. The number of rotatable bonds is 6. The van der Waals surface area contributed by atoms with E-state index >= 15 is 0 Å². The molecule has 3 rings (SSSR count). The van der Waals surface area contributed by atoms with Crippen LogP contribution in [0.25, 0.3) is 0 Å². The van der Waals surface area contributed by atoms with Gasteiger partial charge in [-0.25, -0.2) is 0 Å². The van der Waals surface area contributed by atoms with Crippen LogP contribution in [0, 0.1) is 13.8 Å². The number of benzene rings is 2. The van der Waals surface area contributed by atoms with Crippen molar-refractivity contribution in [3.8, 4) is 11.5 Å². The molecule has 7 heteroatoms. The van der Waals surface area contributed by atoms with E-state index in [1.807, 2.05) is 32.0 Å². The van der Waals surface area contributed by atoms with Crippen molar-refractivity contribution in [2.24, 2.45) is 0 Å². The molecule has 1 atom stereocenters. The summed E-state index contributed by atoms with van der Waals surface area (Å²) in [6, 6.07) is 12.8. The number of carbonyl (C=O) groups is 2. The molecule has 0 saturated carbocycles. The number of hydrogen-bond donors (Lipinski definition) is 0. The predicted octanol–water partition coefficient (Wildman–Crippen LogP) is 3.47. The summed E-state index contributed by atoms with van der Waals surface area (Å²) in [7, 11) is 0. The number of nitrogens with zero attached hydrogens (tertiary/aromatic N) is 2. The Balaban J connectivity index is 1.45. The second-order valence-electron chi connectivity index (χ2n) is 7.48. The van der Waals surface area contributed by atoms with Crippen molar-refractivity contribution in [1.29, 1.82) is 0 Å². The molecule has 1 aliphatic rings. The molecule has 1 unspecified atom stereocenters. The van der Waals surface area contributed by atoms with E-state index < -0.39 is 6.10 Å². The van der Waals surface area contributed by atoms with Crippen molar-refractivity contribution in [3.63, 3.8) is 0 Å². The third-order valence-corrected chi connectivity index (χ3v) is 5.35. The smallest absolute Gasteiger partial charge is 0.263 e. The Hall–Kier alpha value is -2.73. The molecule has 2 aromatic rings. The number of halogens is 1. The van der Waals surface area contributed by atoms with E-state index in [2.05, 4.69) is 0 Å². The van der Waals surface area contributed by atoms with Crippen LogP contribution in [0.15, 0.2) is 42.5 Å². The van der Waals surface area contributed by atoms with Gasteiger partial charge in [-0.1, -0.05) is 29.3 Å². The number of ether oxygens (including phenoxy) is 2. The van der Waals surface area contributed by atoms with Gasteiger partial charge in [0.1, 0.15) is 11.5 Å². The van der Waals surface area contributed by atoms with Crippen LogP contribution >= 0.6 is 11.6 Å². The molecule has 2 amide bonds. The van der Waals surface area contributed by atoms with Crippen LogP contribution in [0.1, 0.15) is 18.1 Å². The highest BCUT2D eigenvalue weighted by Crippen LogP contribution is 2.19. The van der Waals surface area contributed by atoms with Crippen molar-refractivity contribution in [2.75, 3.05) is 32.8 Å². The Kier molecular flexibility index (Phi) is 7.21. The second kappa shape index (κ2) is 9.85. The van der Waals surface area contributed by atoms with Crippen LogP contribution in [0.2, 0.25) is 5.02 Å². The quantitative estimate of drug-likeness (QED) is 0.704. The Bertz CT molecular complexity index is 893. The van der Waals surface area contributed by atoms with Crippen LogP contribution in [0.3, 0.4) is 0 Å². The molecule has 0 spiro atoms. The number of amides is 2. The summed E-state index contributed by atoms with van der Waals surface area (Å²) in [4.78, 5) is 28.6. The average Bonchev–Trinajstić information content (AvgIpc) is 2.74. The Morgan fingerprint density at radius 1 is 1.00 bits per heavy atom. The number of hydrogen-bond acceptors (Lipinski definition) is 4. The van der Waals surface area contributed by atoms with E-state index in [0.29, 0.717) is 37.0 Å². The summed E-state index contributed by atoms with van der Waals surface area (Å²) in [6.07, 6.45) is -0.610. The van der Waals surface area contributed by atoms with Gasteiger partial charge >= 0.3 is 0 Å². The number of aryl methyl sites for hydroxylation is 2. The molecular weight excluding hydrogens is 404 g/mol. The summed E-state index contributed by atoms with van der Waals surface area (Å²) in [6.45, 7) is 7.61. The first-order valence-electron chi connectivity index (χ1n) is 10.0. The minimum absolute atomic E-state index is 0.00602. The fourth-order valence-electron chi connectivity index (χ4n) is 3.39. The summed E-state index contributed by atoms with van der Waals surface area (Å²) in [5, 5.41) is 0.614. The van der Waals surface area contributed by atoms with Gasteiger partial charge < -0.3 is 19.3 Å². The average molecular weight is 431 g/mol. The van der Waals surface area contributed by atoms with Crippen molar-refractivity contribution >= 4 is 23.4 Å². The molecule has 6 nitrogen and oxygen atoms in total. The van der Waals surface area contributed by atoms with Gasteiger partial charge in [-0.2, -0.15) is 0 Å². The SMILES string of the molecule is Cc1ccc(OCC(=O)N2CCN(C(=O)C(C)Oc3ccc(Cl)cc3)CC2)c(C)c1. The first-order chi connectivity index (χ1) is 14.3. The van der Waals surface area contributed by atoms with Crippen molar-refractivity contribution < 1.29 is 19.1 Å². The van der Waals surface area contributed by atoms with Crippen LogP contribution in [-0.2, 0) is 9.59 Å². The first-order valence-corrected chi connectivity index (χ1v) is 10.4. The molecule has 160 valence electrons. The highest BCUT2D eigenvalue weighted by molar-refractivity contribution is 6.30. The summed E-state index contributed by atoms with van der Waals surface area (Å²) < 4.78 is 11.4. The lowest BCUT2D eigenvalue weighted by molar-refractivity contribution is -0.144. The van der Waals surface area contributed by atoms with Crippen LogP contribution in [0.5, 0.6) is 11.5 Å². The molecule has 0 aromatic heterocycles. The lowest BCUT2D eigenvalue weighted by Crippen LogP contribution is -2.54. The van der Waals surface area contributed by atoms with Gasteiger partial charge in [-0.15, -0.1) is 0 Å². The standard InChI is InChI=1S/C23H27ClN2O4/c1-16-4-9-21(17(2)14-16)29-15-22(27)25-10-12-26(13-11-25)23(28)18(3)30-20-7-5-19(24)6-8-20/h4-9,14,18H,10-13,15H2,1-3H3. The maximum Gasteiger partial charge on any atom is 0.263 e. The van der Waals surface area contributed by atoms with E-state index in [0.717, 1.165) is 16.9 Å². The van der Waals surface area contributed by atoms with Gasteiger partial charge in [0.05, 0.1) is 0 Å². The van der Waals surface area contributed by atoms with Gasteiger partial charge in [0.15, 0.2) is 12.7 Å². The van der Waals surface area contributed by atoms with E-state index in [4.69, 9.17) is 21.1 Å². The number of piperazine rings is 1. The lowest BCUT2D eigenvalue weighted by Gasteiger charge is -2.35. The Labute approximate surface area is 182 Å². The third-order valence-electron chi connectivity index (χ3n) is 5.10. The van der Waals surface area contributed by atoms with Crippen LogP contribution in [-0.4, -0.2) is 60.5 Å². The van der Waals surface area contributed by atoms with Crippen molar-refractivity contribution in [1.82, 2.24) is 9.80 Å². The van der Waals surface area contributed by atoms with Crippen LogP contribution in [0.4, 0.5) is 0 Å². The maximum absolute atomic E-state index is 12.7. The highest BCUT2D eigenvalue weighted by atomic mass is 35.5. The molecular formula is C23H27ClN2O4. The van der Waals surface area contributed by atoms with E-state index in [1.54, 1.807) is 41.0 Å². The fourth-order valence-corrected chi connectivity index (χ4v) is 3.52. The normalized spacial score (nSPS) is 14.9. The fraction of sp³-hybridized carbons (Fsp3) is 0.391.